The second-order valence-corrected chi connectivity index (χ2v) is 8.15. The molecule has 0 saturated heterocycles. The van der Waals surface area contributed by atoms with E-state index in [9.17, 15) is 22.8 Å². The average molecular weight is 418 g/mol. The minimum absolute atomic E-state index is 0.0168. The molecule has 2 aromatic rings. The quantitative estimate of drug-likeness (QED) is 0.624. The monoisotopic (exact) mass is 418 g/mol. The van der Waals surface area contributed by atoms with Crippen molar-refractivity contribution in [3.8, 4) is 0 Å². The van der Waals surface area contributed by atoms with Crippen molar-refractivity contribution in [2.75, 3.05) is 16.2 Å². The third kappa shape index (κ3) is 4.54. The number of rotatable bonds is 7. The third-order valence-corrected chi connectivity index (χ3v) is 5.85. The van der Waals surface area contributed by atoms with Crippen molar-refractivity contribution in [3.63, 3.8) is 0 Å². The summed E-state index contributed by atoms with van der Waals surface area (Å²) in [7, 11) is -3.96. The van der Waals surface area contributed by atoms with Gasteiger partial charge >= 0.3 is 11.9 Å². The largest absolute Gasteiger partial charge is 0.481 e. The van der Waals surface area contributed by atoms with Crippen molar-refractivity contribution in [2.24, 2.45) is 0 Å². The highest BCUT2D eigenvalue weighted by molar-refractivity contribution is 7.92. The number of sulfonamides is 1. The summed E-state index contributed by atoms with van der Waals surface area (Å²) in [6.45, 7) is 0.353. The van der Waals surface area contributed by atoms with Gasteiger partial charge in [0.05, 0.1) is 16.9 Å². The Morgan fingerprint density at radius 3 is 2.48 bits per heavy atom. The number of carbonyl (C=O) groups is 3. The van der Waals surface area contributed by atoms with E-state index in [4.69, 9.17) is 10.2 Å². The first kappa shape index (κ1) is 20.3. The van der Waals surface area contributed by atoms with E-state index in [0.29, 0.717) is 24.2 Å². The minimum Gasteiger partial charge on any atom is -0.481 e. The molecule has 10 heteroatoms. The number of aromatic carboxylic acids is 1. The Morgan fingerprint density at radius 1 is 1.03 bits per heavy atom. The van der Waals surface area contributed by atoms with Crippen molar-refractivity contribution >= 4 is 39.2 Å². The first-order valence-corrected chi connectivity index (χ1v) is 10.2. The van der Waals surface area contributed by atoms with Gasteiger partial charge in [-0.05, 0) is 48.4 Å². The molecule has 0 aromatic heterocycles. The van der Waals surface area contributed by atoms with Gasteiger partial charge in [-0.2, -0.15) is 0 Å². The van der Waals surface area contributed by atoms with Crippen LogP contribution in [0.1, 0.15) is 28.8 Å². The van der Waals surface area contributed by atoms with Gasteiger partial charge < -0.3 is 15.1 Å². The molecular formula is C19H18N2O7S. The van der Waals surface area contributed by atoms with Gasteiger partial charge in [-0.3, -0.25) is 14.3 Å². The summed E-state index contributed by atoms with van der Waals surface area (Å²) < 4.78 is 27.7. The Balaban J connectivity index is 1.80. The van der Waals surface area contributed by atoms with Crippen molar-refractivity contribution in [1.82, 2.24) is 0 Å². The number of nitrogens with one attached hydrogen (secondary N) is 1. The molecule has 3 N–H and O–H groups in total. The number of aliphatic carboxylic acids is 1. The molecule has 1 heterocycles. The highest BCUT2D eigenvalue weighted by atomic mass is 32.2. The number of nitrogens with zero attached hydrogens (tertiary/aromatic N) is 1. The van der Waals surface area contributed by atoms with E-state index in [0.717, 1.165) is 0 Å². The highest BCUT2D eigenvalue weighted by Gasteiger charge is 2.27. The van der Waals surface area contributed by atoms with Gasteiger partial charge in [0.2, 0.25) is 5.91 Å². The number of hydrogen-bond acceptors (Lipinski definition) is 5. The number of carboxylic acid groups (broad SMARTS) is 2. The summed E-state index contributed by atoms with van der Waals surface area (Å²) in [4.78, 5) is 35.3. The number of fused-ring (bicyclic) bond motifs is 1. The molecular weight excluding hydrogens is 400 g/mol. The Kier molecular flexibility index (Phi) is 5.55. The Labute approximate surface area is 166 Å². The van der Waals surface area contributed by atoms with Crippen LogP contribution in [0.25, 0.3) is 0 Å². The zero-order chi connectivity index (χ0) is 21.2. The van der Waals surface area contributed by atoms with Crippen molar-refractivity contribution in [1.29, 1.82) is 0 Å². The normalized spacial score (nSPS) is 13.0. The van der Waals surface area contributed by atoms with Crippen LogP contribution in [0.5, 0.6) is 0 Å². The van der Waals surface area contributed by atoms with Crippen molar-refractivity contribution in [2.45, 2.75) is 24.2 Å². The number of carboxylic acids is 2. The van der Waals surface area contributed by atoms with Crippen LogP contribution in [0, 0.1) is 0 Å². The predicted molar refractivity (Wildman–Crippen MR) is 104 cm³/mol. The zero-order valence-corrected chi connectivity index (χ0v) is 16.0. The Bertz CT molecular complexity index is 1100. The SMILES string of the molecule is O=C(O)CCC(=O)N1CCc2cc(S(=O)(=O)Nc3cccc(C(=O)O)c3)ccc21. The zero-order valence-electron chi connectivity index (χ0n) is 15.2. The summed E-state index contributed by atoms with van der Waals surface area (Å²) >= 11 is 0. The van der Waals surface area contributed by atoms with Gasteiger partial charge in [0, 0.05) is 24.3 Å². The van der Waals surface area contributed by atoms with Crippen LogP contribution in [0.3, 0.4) is 0 Å². The summed E-state index contributed by atoms with van der Waals surface area (Å²) in [6, 6.07) is 9.78. The van der Waals surface area contributed by atoms with Crippen LogP contribution in [0.2, 0.25) is 0 Å². The molecule has 9 nitrogen and oxygen atoms in total. The van der Waals surface area contributed by atoms with E-state index in [-0.39, 0.29) is 34.9 Å². The molecule has 1 aliphatic rings. The first-order chi connectivity index (χ1) is 13.7. The maximum absolute atomic E-state index is 12.7. The van der Waals surface area contributed by atoms with Crippen LogP contribution in [0.4, 0.5) is 11.4 Å². The van der Waals surface area contributed by atoms with Gasteiger partial charge in [0.1, 0.15) is 0 Å². The van der Waals surface area contributed by atoms with Crippen molar-refractivity contribution < 1.29 is 33.0 Å². The molecule has 0 saturated carbocycles. The van der Waals surface area contributed by atoms with Gasteiger partial charge in [-0.1, -0.05) is 6.07 Å². The van der Waals surface area contributed by atoms with Crippen LogP contribution < -0.4 is 9.62 Å². The fourth-order valence-corrected chi connectivity index (χ4v) is 4.18. The van der Waals surface area contributed by atoms with E-state index in [1.165, 1.54) is 47.4 Å². The molecule has 0 radical (unpaired) electrons. The van der Waals surface area contributed by atoms with Gasteiger partial charge in [0.15, 0.2) is 0 Å². The molecule has 29 heavy (non-hydrogen) atoms. The topological polar surface area (TPSA) is 141 Å². The van der Waals surface area contributed by atoms with Gasteiger partial charge in [-0.25, -0.2) is 13.2 Å². The fourth-order valence-electron chi connectivity index (χ4n) is 3.08. The van der Waals surface area contributed by atoms with Crippen LogP contribution >= 0.6 is 0 Å². The lowest BCUT2D eigenvalue weighted by atomic mass is 10.2. The van der Waals surface area contributed by atoms with E-state index in [1.807, 2.05) is 0 Å². The van der Waals surface area contributed by atoms with E-state index in [2.05, 4.69) is 4.72 Å². The molecule has 0 spiro atoms. The van der Waals surface area contributed by atoms with Crippen LogP contribution in [-0.4, -0.2) is 43.0 Å². The number of anilines is 2. The molecule has 0 aliphatic carbocycles. The van der Waals surface area contributed by atoms with E-state index >= 15 is 0 Å². The van der Waals surface area contributed by atoms with Gasteiger partial charge in [-0.15, -0.1) is 0 Å². The number of hydrogen-bond donors (Lipinski definition) is 3. The Morgan fingerprint density at radius 2 is 1.79 bits per heavy atom. The third-order valence-electron chi connectivity index (χ3n) is 4.47. The second-order valence-electron chi connectivity index (χ2n) is 6.47. The lowest BCUT2D eigenvalue weighted by Crippen LogP contribution is -2.29. The van der Waals surface area contributed by atoms with E-state index in [1.54, 1.807) is 0 Å². The summed E-state index contributed by atoms with van der Waals surface area (Å²) in [5.41, 5.74) is 1.30. The Hall–Kier alpha value is -3.40. The molecule has 0 bridgehead atoms. The smallest absolute Gasteiger partial charge is 0.335 e. The number of amides is 1. The maximum atomic E-state index is 12.7. The predicted octanol–water partition coefficient (Wildman–Crippen LogP) is 1.94. The fraction of sp³-hybridized carbons (Fsp3) is 0.211. The van der Waals surface area contributed by atoms with Gasteiger partial charge in [0.25, 0.3) is 10.0 Å². The molecule has 0 atom stereocenters. The second kappa shape index (κ2) is 7.92. The molecule has 1 amide bonds. The molecule has 0 unspecified atom stereocenters. The van der Waals surface area contributed by atoms with Crippen LogP contribution in [0.15, 0.2) is 47.4 Å². The molecule has 152 valence electrons. The summed E-state index contributed by atoms with van der Waals surface area (Å²) in [6.07, 6.45) is 0.0543. The number of benzene rings is 2. The van der Waals surface area contributed by atoms with Crippen LogP contribution in [-0.2, 0) is 26.0 Å². The van der Waals surface area contributed by atoms with Crippen molar-refractivity contribution in [3.05, 3.63) is 53.6 Å². The minimum atomic E-state index is -3.96. The lowest BCUT2D eigenvalue weighted by molar-refractivity contribution is -0.138. The molecule has 1 aliphatic heterocycles. The molecule has 0 fully saturated rings. The highest BCUT2D eigenvalue weighted by Crippen LogP contribution is 2.31. The first-order valence-electron chi connectivity index (χ1n) is 8.68. The average Bonchev–Trinajstić information content (AvgIpc) is 3.09. The summed E-state index contributed by atoms with van der Waals surface area (Å²) in [5, 5.41) is 17.7. The van der Waals surface area contributed by atoms with E-state index < -0.39 is 22.0 Å². The summed E-state index contributed by atoms with van der Waals surface area (Å²) in [5.74, 6) is -2.56. The standard InChI is InChI=1S/C19H18N2O7S/c22-17(6-7-18(23)24)21-9-8-12-11-15(4-5-16(12)21)29(27,28)20-14-3-1-2-13(10-14)19(25)26/h1-5,10-11,20H,6-9H2,(H,23,24)(H,25,26). The molecule has 3 rings (SSSR count). The lowest BCUT2D eigenvalue weighted by Gasteiger charge is -2.17. The maximum Gasteiger partial charge on any atom is 0.335 e. The number of carbonyl (C=O) groups excluding carboxylic acids is 1. The molecule has 2 aromatic carbocycles.